The highest BCUT2D eigenvalue weighted by Crippen LogP contribution is 2.22. The van der Waals surface area contributed by atoms with Gasteiger partial charge in [0.25, 0.3) is 11.8 Å². The summed E-state index contributed by atoms with van der Waals surface area (Å²) in [5.74, 6) is 0.335. The molecule has 6 nitrogen and oxygen atoms in total. The number of nitrogens with one attached hydrogen (secondary N) is 2. The van der Waals surface area contributed by atoms with Crippen molar-refractivity contribution in [1.29, 1.82) is 0 Å². The lowest BCUT2D eigenvalue weighted by Gasteiger charge is -2.43. The number of hydrogen-bond donors (Lipinski definition) is 2. The zero-order valence-corrected chi connectivity index (χ0v) is 25.0. The fraction of sp³-hybridized carbons (Fsp3) is 0.548. The average Bonchev–Trinajstić information content (AvgIpc) is 2.92. The van der Waals surface area contributed by atoms with Gasteiger partial charge in [-0.1, -0.05) is 51.7 Å². The van der Waals surface area contributed by atoms with Crippen molar-refractivity contribution in [3.63, 3.8) is 0 Å². The predicted octanol–water partition coefficient (Wildman–Crippen LogP) is 3.43. The molecule has 210 valence electrons. The first kappa shape index (κ1) is 31.8. The molecular weight excluding hydrogens is 542 g/mol. The van der Waals surface area contributed by atoms with Crippen LogP contribution in [0.5, 0.6) is 5.75 Å². The lowest BCUT2D eigenvalue weighted by atomic mass is 10.0. The fourth-order valence-corrected chi connectivity index (χ4v) is 5.27. The first-order valence-corrected chi connectivity index (χ1v) is 14.3. The quantitative estimate of drug-likeness (QED) is 0.263. The van der Waals surface area contributed by atoms with E-state index in [2.05, 4.69) is 31.4 Å². The summed E-state index contributed by atoms with van der Waals surface area (Å²) in [6.07, 6.45) is 9.05. The fourth-order valence-electron chi connectivity index (χ4n) is 5.27. The van der Waals surface area contributed by atoms with Crippen LogP contribution >= 0.6 is 0 Å². The van der Waals surface area contributed by atoms with E-state index in [0.717, 1.165) is 45.3 Å². The Morgan fingerprint density at radius 2 is 1.55 bits per heavy atom. The Kier molecular flexibility index (Phi) is 13.9. The molecule has 2 aromatic carbocycles. The van der Waals surface area contributed by atoms with Crippen molar-refractivity contribution in [2.24, 2.45) is 0 Å². The molecule has 1 fully saturated rings. The largest absolute Gasteiger partial charge is 1.00 e. The van der Waals surface area contributed by atoms with Crippen LogP contribution in [-0.2, 0) is 0 Å². The maximum Gasteiger partial charge on any atom is 0.259 e. The van der Waals surface area contributed by atoms with Gasteiger partial charge in [-0.25, -0.2) is 0 Å². The lowest BCUT2D eigenvalue weighted by molar-refractivity contribution is -0.931. The molecule has 2 amide bonds. The number of halogens is 1. The summed E-state index contributed by atoms with van der Waals surface area (Å²) < 4.78 is 7.09. The lowest BCUT2D eigenvalue weighted by Crippen LogP contribution is -3.00. The van der Waals surface area contributed by atoms with Gasteiger partial charge in [-0.05, 0) is 56.2 Å². The minimum absolute atomic E-state index is 0. The molecular formula is C31H46BrN3O3. The zero-order chi connectivity index (χ0) is 26.5. The number of rotatable bonds is 14. The summed E-state index contributed by atoms with van der Waals surface area (Å²) in [5, 5.41) is 6.15. The number of unbranched alkanes of at least 4 members (excludes halogenated alkanes) is 4. The molecule has 0 aromatic heterocycles. The van der Waals surface area contributed by atoms with E-state index in [4.69, 9.17) is 4.74 Å². The van der Waals surface area contributed by atoms with Gasteiger partial charge in [0.2, 0.25) is 0 Å². The van der Waals surface area contributed by atoms with Gasteiger partial charge in [-0.15, -0.1) is 0 Å². The summed E-state index contributed by atoms with van der Waals surface area (Å²) in [6.45, 7) is 12.0. The third kappa shape index (κ3) is 9.42. The highest BCUT2D eigenvalue weighted by Gasteiger charge is 2.32. The molecule has 1 aliphatic heterocycles. The Labute approximate surface area is 239 Å². The van der Waals surface area contributed by atoms with Crippen molar-refractivity contribution in [1.82, 2.24) is 5.32 Å². The van der Waals surface area contributed by atoms with Crippen molar-refractivity contribution in [2.45, 2.75) is 78.2 Å². The van der Waals surface area contributed by atoms with Gasteiger partial charge >= 0.3 is 0 Å². The molecule has 7 heteroatoms. The highest BCUT2D eigenvalue weighted by atomic mass is 79.9. The number of anilines is 1. The number of carbonyl (C=O) groups excluding carboxylic acids is 2. The number of amides is 2. The van der Waals surface area contributed by atoms with Gasteiger partial charge in [-0.2, -0.15) is 0 Å². The van der Waals surface area contributed by atoms with Gasteiger partial charge in [0.15, 0.2) is 0 Å². The predicted molar refractivity (Wildman–Crippen MR) is 151 cm³/mol. The van der Waals surface area contributed by atoms with Gasteiger partial charge < -0.3 is 36.8 Å². The summed E-state index contributed by atoms with van der Waals surface area (Å²) in [4.78, 5) is 25.8. The van der Waals surface area contributed by atoms with Crippen LogP contribution in [0.1, 0.15) is 92.9 Å². The number of nitrogens with zero attached hydrogens (tertiary/aromatic N) is 1. The van der Waals surface area contributed by atoms with Crippen LogP contribution < -0.4 is 32.4 Å². The first-order valence-electron chi connectivity index (χ1n) is 14.3. The second-order valence-electron chi connectivity index (χ2n) is 10.4. The monoisotopic (exact) mass is 587 g/mol. The molecule has 0 atom stereocenters. The summed E-state index contributed by atoms with van der Waals surface area (Å²) >= 11 is 0. The Hall–Kier alpha value is -2.38. The molecule has 38 heavy (non-hydrogen) atoms. The molecule has 0 radical (unpaired) electrons. The summed E-state index contributed by atoms with van der Waals surface area (Å²) in [5.41, 5.74) is 1.78. The number of benzene rings is 2. The number of carbonyl (C=O) groups is 2. The van der Waals surface area contributed by atoms with Crippen molar-refractivity contribution in [3.8, 4) is 5.75 Å². The maximum atomic E-state index is 12.9. The third-order valence-electron chi connectivity index (χ3n) is 7.65. The molecule has 0 spiro atoms. The molecule has 1 saturated heterocycles. The van der Waals surface area contributed by atoms with Crippen molar-refractivity contribution >= 4 is 17.5 Å². The molecule has 3 rings (SSSR count). The number of piperidine rings is 1. The average molecular weight is 589 g/mol. The number of para-hydroxylation sites is 1. The number of hydrogen-bond acceptors (Lipinski definition) is 3. The number of ether oxygens (including phenoxy) is 1. The second-order valence-corrected chi connectivity index (χ2v) is 10.4. The van der Waals surface area contributed by atoms with Crippen LogP contribution in [0.3, 0.4) is 0 Å². The molecule has 1 aliphatic rings. The van der Waals surface area contributed by atoms with E-state index in [1.54, 1.807) is 30.3 Å². The molecule has 0 saturated carbocycles. The Morgan fingerprint density at radius 3 is 2.21 bits per heavy atom. The SMILES string of the molecule is CCCCCCCOc1ccccc1C(=O)Nc1ccc(C(=O)NC2CC[N+](CC)(CCC)CC2)cc1.[Br-]. The molecule has 2 N–H and O–H groups in total. The van der Waals surface area contributed by atoms with E-state index in [-0.39, 0.29) is 34.8 Å². The van der Waals surface area contributed by atoms with Gasteiger partial charge in [-0.3, -0.25) is 9.59 Å². The standard InChI is InChI=1S/C31H45N3O3.BrH/c1-4-7-8-9-12-24-37-29-14-11-10-13-28(29)31(36)33-26-17-15-25(16-18-26)30(35)32-27-19-22-34(6-3,21-5-2)23-20-27;/h10-11,13-18,27H,4-9,12,19-24H2,1-3H3,(H-,32,33,35,36);1H. The summed E-state index contributed by atoms with van der Waals surface area (Å²) in [7, 11) is 0. The molecule has 0 unspecified atom stereocenters. The minimum atomic E-state index is -0.217. The molecule has 2 aromatic rings. The van der Waals surface area contributed by atoms with Gasteiger partial charge in [0, 0.05) is 30.1 Å². The van der Waals surface area contributed by atoms with Crippen LogP contribution in [0.4, 0.5) is 5.69 Å². The Balaban J connectivity index is 0.00000507. The normalized spacial score (nSPS) is 18.8. The van der Waals surface area contributed by atoms with Gasteiger partial charge in [0.05, 0.1) is 38.3 Å². The smallest absolute Gasteiger partial charge is 0.259 e. The molecule has 1 heterocycles. The van der Waals surface area contributed by atoms with Crippen LogP contribution in [0, 0.1) is 0 Å². The van der Waals surface area contributed by atoms with Gasteiger partial charge in [0.1, 0.15) is 5.75 Å². The molecule has 0 bridgehead atoms. The second kappa shape index (κ2) is 16.6. The van der Waals surface area contributed by atoms with E-state index in [9.17, 15) is 9.59 Å². The number of likely N-dealkylation sites (tertiary alicyclic amines) is 1. The van der Waals surface area contributed by atoms with E-state index < -0.39 is 0 Å². The maximum absolute atomic E-state index is 12.9. The zero-order valence-electron chi connectivity index (χ0n) is 23.4. The van der Waals surface area contributed by atoms with Crippen LogP contribution in [0.25, 0.3) is 0 Å². The van der Waals surface area contributed by atoms with Crippen LogP contribution in [0.15, 0.2) is 48.5 Å². The van der Waals surface area contributed by atoms with Crippen LogP contribution in [-0.4, -0.2) is 55.1 Å². The molecule has 0 aliphatic carbocycles. The van der Waals surface area contributed by atoms with E-state index >= 15 is 0 Å². The Bertz CT molecular complexity index is 988. The topological polar surface area (TPSA) is 67.4 Å². The minimum Gasteiger partial charge on any atom is -1.00 e. The summed E-state index contributed by atoms with van der Waals surface area (Å²) in [6, 6.07) is 14.7. The van der Waals surface area contributed by atoms with E-state index in [0.29, 0.717) is 29.2 Å². The highest BCUT2D eigenvalue weighted by molar-refractivity contribution is 6.06. The Morgan fingerprint density at radius 1 is 0.868 bits per heavy atom. The van der Waals surface area contributed by atoms with Crippen molar-refractivity contribution in [3.05, 3.63) is 59.7 Å². The van der Waals surface area contributed by atoms with Crippen molar-refractivity contribution < 1.29 is 35.8 Å². The van der Waals surface area contributed by atoms with Crippen molar-refractivity contribution in [2.75, 3.05) is 38.1 Å². The van der Waals surface area contributed by atoms with E-state index in [1.165, 1.54) is 36.7 Å². The van der Waals surface area contributed by atoms with E-state index in [1.807, 2.05) is 18.2 Å². The van der Waals surface area contributed by atoms with Crippen LogP contribution in [0.2, 0.25) is 0 Å². The third-order valence-corrected chi connectivity index (χ3v) is 7.65. The number of quaternary nitrogens is 1. The first-order chi connectivity index (χ1) is 18.0.